The summed E-state index contributed by atoms with van der Waals surface area (Å²) in [6.07, 6.45) is -2.47. The number of halogens is 4. The summed E-state index contributed by atoms with van der Waals surface area (Å²) in [7, 11) is 0. The molecule has 40 heavy (non-hydrogen) atoms. The van der Waals surface area contributed by atoms with Gasteiger partial charge in [-0.15, -0.1) is 22.7 Å². The molecular weight excluding hydrogens is 629 g/mol. The Morgan fingerprint density at radius 2 is 2.05 bits per heavy atom. The molecular formula is C27H30BrF3N4O3S2. The number of nitrogens with zero attached hydrogens (tertiary/aromatic N) is 2. The van der Waals surface area contributed by atoms with Crippen LogP contribution in [0, 0.1) is 11.3 Å². The summed E-state index contributed by atoms with van der Waals surface area (Å²) in [5, 5.41) is 12.2. The number of ether oxygens (including phenoxy) is 1. The highest BCUT2D eigenvalue weighted by Gasteiger charge is 2.48. The predicted octanol–water partition coefficient (Wildman–Crippen LogP) is 8.01. The largest absolute Gasteiger partial charge is 0.462 e. The van der Waals surface area contributed by atoms with Gasteiger partial charge in [-0.2, -0.15) is 18.3 Å². The minimum Gasteiger partial charge on any atom is -0.462 e. The molecule has 0 saturated heterocycles. The van der Waals surface area contributed by atoms with Gasteiger partial charge >= 0.3 is 12.1 Å². The van der Waals surface area contributed by atoms with Crippen LogP contribution in [0.4, 0.5) is 24.0 Å². The molecule has 0 bridgehead atoms. The second kappa shape index (κ2) is 10.8. The summed E-state index contributed by atoms with van der Waals surface area (Å²) >= 11 is 6.03. The molecule has 0 saturated carbocycles. The van der Waals surface area contributed by atoms with Gasteiger partial charge in [-0.3, -0.25) is 4.79 Å². The first-order chi connectivity index (χ1) is 18.8. The molecule has 0 fully saturated rings. The highest BCUT2D eigenvalue weighted by Crippen LogP contribution is 2.48. The van der Waals surface area contributed by atoms with Crippen molar-refractivity contribution in [3.63, 3.8) is 0 Å². The first-order valence-electron chi connectivity index (χ1n) is 13.1. The van der Waals surface area contributed by atoms with Crippen molar-refractivity contribution in [2.24, 2.45) is 11.3 Å². The van der Waals surface area contributed by atoms with Crippen LogP contribution in [0.5, 0.6) is 0 Å². The lowest BCUT2D eigenvalue weighted by Crippen LogP contribution is -2.35. The molecule has 2 aliphatic rings. The van der Waals surface area contributed by atoms with E-state index in [0.717, 1.165) is 32.8 Å². The number of rotatable bonds is 5. The number of hydrogen-bond acceptors (Lipinski definition) is 7. The van der Waals surface area contributed by atoms with Crippen LogP contribution in [-0.4, -0.2) is 34.4 Å². The lowest BCUT2D eigenvalue weighted by molar-refractivity contribution is -0.173. The van der Waals surface area contributed by atoms with Crippen LogP contribution in [0.3, 0.4) is 0 Å². The van der Waals surface area contributed by atoms with E-state index in [1.54, 1.807) is 19.1 Å². The molecule has 1 aliphatic carbocycles. The predicted molar refractivity (Wildman–Crippen MR) is 154 cm³/mol. The summed E-state index contributed by atoms with van der Waals surface area (Å²) < 4.78 is 48.7. The molecule has 2 N–H and O–H groups in total. The first-order valence-corrected chi connectivity index (χ1v) is 15.6. The number of aromatic nitrogens is 2. The normalized spacial score (nSPS) is 20.9. The Morgan fingerprint density at radius 3 is 2.67 bits per heavy atom. The number of carbonyl (C=O) groups excluding carboxylic acids is 2. The van der Waals surface area contributed by atoms with Crippen LogP contribution in [0.15, 0.2) is 22.0 Å². The number of fused-ring (bicyclic) bond motifs is 2. The zero-order valence-corrected chi connectivity index (χ0v) is 25.7. The van der Waals surface area contributed by atoms with Crippen LogP contribution < -0.4 is 10.6 Å². The molecule has 13 heteroatoms. The van der Waals surface area contributed by atoms with E-state index < -0.39 is 30.1 Å². The van der Waals surface area contributed by atoms with Gasteiger partial charge < -0.3 is 15.4 Å². The molecule has 0 spiro atoms. The van der Waals surface area contributed by atoms with Gasteiger partial charge in [-0.05, 0) is 70.5 Å². The Morgan fingerprint density at radius 1 is 1.30 bits per heavy atom. The molecule has 0 unspecified atom stereocenters. The Hall–Kier alpha value is -2.38. The van der Waals surface area contributed by atoms with E-state index in [0.29, 0.717) is 22.9 Å². The van der Waals surface area contributed by atoms with Gasteiger partial charge in [0.2, 0.25) is 0 Å². The summed E-state index contributed by atoms with van der Waals surface area (Å²) in [6, 6.07) is 1.07. The van der Waals surface area contributed by atoms with E-state index in [9.17, 15) is 22.8 Å². The third-order valence-corrected chi connectivity index (χ3v) is 10.5. The minimum atomic E-state index is -4.57. The topological polar surface area (TPSA) is 85.2 Å². The maximum Gasteiger partial charge on any atom is 0.410 e. The van der Waals surface area contributed by atoms with E-state index in [4.69, 9.17) is 4.74 Å². The number of thiophene rings is 2. The second-order valence-electron chi connectivity index (χ2n) is 11.1. The molecule has 0 aromatic carbocycles. The average Bonchev–Trinajstić information content (AvgIpc) is 3.60. The standard InChI is InChI=1S/C27H30BrF3N4O3S2/c1-5-38-25(37)19-14-9-8-13(26(2,3)4)11-17(14)40-24(19)33-23(36)21-20(28)22-32-15(16-7-6-10-39-16)12-18(27(29,30)31)35(22)34-21/h6-7,10,13,15,18,32H,5,8-9,11-12H2,1-4H3,(H,33,36)/t13-,15-,18-/m0/s1. The summed E-state index contributed by atoms with van der Waals surface area (Å²) in [5.74, 6) is -0.736. The molecule has 3 aromatic rings. The van der Waals surface area contributed by atoms with Crippen molar-refractivity contribution < 1.29 is 27.5 Å². The molecule has 1 aliphatic heterocycles. The third-order valence-electron chi connectivity index (χ3n) is 7.59. The van der Waals surface area contributed by atoms with E-state index in [2.05, 4.69) is 52.4 Å². The van der Waals surface area contributed by atoms with Crippen molar-refractivity contribution in [1.29, 1.82) is 0 Å². The SMILES string of the molecule is CCOC(=O)c1c(NC(=O)c2nn3c(c2Br)N[C@H](c2cccs2)C[C@H]3C(F)(F)F)sc2c1CC[C@H](C(C)(C)C)C2. The van der Waals surface area contributed by atoms with E-state index in [1.165, 1.54) is 22.7 Å². The lowest BCUT2D eigenvalue weighted by atomic mass is 9.72. The van der Waals surface area contributed by atoms with Gasteiger partial charge in [0.15, 0.2) is 11.7 Å². The van der Waals surface area contributed by atoms with Crippen LogP contribution in [0.1, 0.15) is 88.8 Å². The molecule has 7 nitrogen and oxygen atoms in total. The maximum atomic E-state index is 14.1. The van der Waals surface area contributed by atoms with E-state index in [-0.39, 0.29) is 34.4 Å². The van der Waals surface area contributed by atoms with E-state index >= 15 is 0 Å². The van der Waals surface area contributed by atoms with Crippen molar-refractivity contribution in [2.75, 3.05) is 17.2 Å². The first kappa shape index (κ1) is 29.1. The number of hydrogen-bond donors (Lipinski definition) is 2. The number of esters is 1. The number of alkyl halides is 3. The van der Waals surface area contributed by atoms with Crippen molar-refractivity contribution in [2.45, 2.75) is 71.6 Å². The quantitative estimate of drug-likeness (QED) is 0.271. The zero-order chi connectivity index (χ0) is 29.0. The molecule has 3 aromatic heterocycles. The van der Waals surface area contributed by atoms with Crippen LogP contribution >= 0.6 is 38.6 Å². The molecule has 216 valence electrons. The van der Waals surface area contributed by atoms with Gasteiger partial charge in [-0.25, -0.2) is 9.48 Å². The minimum absolute atomic E-state index is 0.0819. The number of anilines is 2. The zero-order valence-electron chi connectivity index (χ0n) is 22.4. The maximum absolute atomic E-state index is 14.1. The fourth-order valence-electron chi connectivity index (χ4n) is 5.41. The summed E-state index contributed by atoms with van der Waals surface area (Å²) in [4.78, 5) is 28.3. The lowest BCUT2D eigenvalue weighted by Gasteiger charge is -2.33. The van der Waals surface area contributed by atoms with Gasteiger partial charge in [0.05, 0.1) is 22.7 Å². The van der Waals surface area contributed by atoms with Crippen molar-refractivity contribution in [3.05, 3.63) is 48.6 Å². The Balaban J connectivity index is 1.49. The number of amides is 1. The van der Waals surface area contributed by atoms with Gasteiger partial charge in [0, 0.05) is 16.2 Å². The number of carbonyl (C=O) groups is 2. The Kier molecular flexibility index (Phi) is 7.86. The number of nitrogens with one attached hydrogen (secondary N) is 2. The monoisotopic (exact) mass is 658 g/mol. The van der Waals surface area contributed by atoms with Crippen molar-refractivity contribution in [1.82, 2.24) is 9.78 Å². The molecule has 5 rings (SSSR count). The Bertz CT molecular complexity index is 1430. The highest BCUT2D eigenvalue weighted by molar-refractivity contribution is 9.10. The fraction of sp³-hybridized carbons (Fsp3) is 0.519. The van der Waals surface area contributed by atoms with Crippen molar-refractivity contribution in [3.8, 4) is 0 Å². The third kappa shape index (κ3) is 5.44. The van der Waals surface area contributed by atoms with Gasteiger partial charge in [0.25, 0.3) is 5.91 Å². The summed E-state index contributed by atoms with van der Waals surface area (Å²) in [6.45, 7) is 8.46. The average molecular weight is 660 g/mol. The molecule has 3 atom stereocenters. The summed E-state index contributed by atoms with van der Waals surface area (Å²) in [5.41, 5.74) is 1.09. The van der Waals surface area contributed by atoms with E-state index in [1.807, 2.05) is 5.38 Å². The fourth-order valence-corrected chi connectivity index (χ4v) is 8.06. The van der Waals surface area contributed by atoms with Crippen LogP contribution in [0.25, 0.3) is 0 Å². The van der Waals surface area contributed by atoms with Crippen LogP contribution in [-0.2, 0) is 17.6 Å². The van der Waals surface area contributed by atoms with Crippen molar-refractivity contribution >= 4 is 61.3 Å². The smallest absolute Gasteiger partial charge is 0.410 e. The van der Waals surface area contributed by atoms with Gasteiger partial charge in [0.1, 0.15) is 10.8 Å². The molecule has 4 heterocycles. The van der Waals surface area contributed by atoms with Crippen LogP contribution in [0.2, 0.25) is 0 Å². The second-order valence-corrected chi connectivity index (χ2v) is 14.0. The highest BCUT2D eigenvalue weighted by atomic mass is 79.9. The van der Waals surface area contributed by atoms with Gasteiger partial charge in [-0.1, -0.05) is 26.8 Å². The Labute approximate surface area is 246 Å². The molecule has 0 radical (unpaired) electrons. The molecule has 1 amide bonds.